The molecule has 1 atom stereocenters. The highest BCUT2D eigenvalue weighted by Crippen LogP contribution is 2.33. The van der Waals surface area contributed by atoms with E-state index in [9.17, 15) is 0 Å². The normalized spacial score (nSPS) is 12.0. The van der Waals surface area contributed by atoms with Crippen LogP contribution in [0.3, 0.4) is 0 Å². The number of methoxy groups -OCH3 is 2. The van der Waals surface area contributed by atoms with Crippen LogP contribution in [0.25, 0.3) is 6.08 Å². The molecule has 1 aromatic carbocycles. The van der Waals surface area contributed by atoms with E-state index in [0.717, 1.165) is 41.4 Å². The Hall–Kier alpha value is -1.44. The molecule has 1 rings (SSSR count). The molecule has 1 unspecified atom stereocenters. The molecule has 0 N–H and O–H groups in total. The maximum atomic E-state index is 5.47. The van der Waals surface area contributed by atoms with Crippen LogP contribution in [0.1, 0.15) is 37.8 Å². The van der Waals surface area contributed by atoms with E-state index in [4.69, 9.17) is 9.47 Å². The summed E-state index contributed by atoms with van der Waals surface area (Å²) in [7, 11) is 3.41. The van der Waals surface area contributed by atoms with Crippen molar-refractivity contribution in [3.63, 3.8) is 0 Å². The van der Waals surface area contributed by atoms with Crippen LogP contribution in [-0.4, -0.2) is 14.2 Å². The maximum Gasteiger partial charge on any atom is 0.126 e. The van der Waals surface area contributed by atoms with Gasteiger partial charge in [-0.15, -0.1) is 0 Å². The molecule has 18 heavy (non-hydrogen) atoms. The fraction of sp³-hybridized carbons (Fsp3) is 0.500. The van der Waals surface area contributed by atoms with Crippen LogP contribution >= 0.6 is 0 Å². The van der Waals surface area contributed by atoms with Crippen molar-refractivity contribution in [1.82, 2.24) is 0 Å². The molecule has 1 aromatic rings. The molecule has 0 saturated heterocycles. The number of ether oxygens (including phenoxy) is 2. The Labute approximate surface area is 111 Å². The highest BCUT2D eigenvalue weighted by atomic mass is 16.5. The fourth-order valence-electron chi connectivity index (χ4n) is 1.96. The van der Waals surface area contributed by atoms with Gasteiger partial charge in [-0.05, 0) is 36.5 Å². The molecule has 0 saturated carbocycles. The van der Waals surface area contributed by atoms with E-state index in [1.165, 1.54) is 6.42 Å². The Balaban J connectivity index is 3.03. The molecule has 0 spiro atoms. The minimum Gasteiger partial charge on any atom is -0.496 e. The van der Waals surface area contributed by atoms with Crippen molar-refractivity contribution in [3.05, 3.63) is 29.8 Å². The van der Waals surface area contributed by atoms with Gasteiger partial charge >= 0.3 is 0 Å². The average molecular weight is 248 g/mol. The van der Waals surface area contributed by atoms with Crippen LogP contribution in [0.2, 0.25) is 0 Å². The third-order valence-electron chi connectivity index (χ3n) is 3.45. The second kappa shape index (κ2) is 7.10. The first-order valence-electron chi connectivity index (χ1n) is 6.53. The van der Waals surface area contributed by atoms with Crippen molar-refractivity contribution in [3.8, 4) is 11.5 Å². The average Bonchev–Trinajstić information content (AvgIpc) is 2.43. The monoisotopic (exact) mass is 248 g/mol. The van der Waals surface area contributed by atoms with E-state index in [1.54, 1.807) is 14.2 Å². The molecule has 0 bridgehead atoms. The van der Waals surface area contributed by atoms with Crippen LogP contribution < -0.4 is 9.47 Å². The minimum absolute atomic E-state index is 0.721. The van der Waals surface area contributed by atoms with Crippen molar-refractivity contribution in [2.24, 2.45) is 5.92 Å². The zero-order chi connectivity index (χ0) is 13.5. The van der Waals surface area contributed by atoms with Crippen molar-refractivity contribution in [2.45, 2.75) is 33.1 Å². The molecule has 2 nitrogen and oxygen atoms in total. The Morgan fingerprint density at radius 2 is 1.78 bits per heavy atom. The second-order valence-corrected chi connectivity index (χ2v) is 4.66. The number of benzene rings is 1. The van der Waals surface area contributed by atoms with E-state index < -0.39 is 0 Å². The van der Waals surface area contributed by atoms with Crippen molar-refractivity contribution < 1.29 is 9.47 Å². The van der Waals surface area contributed by atoms with Gasteiger partial charge in [0.2, 0.25) is 0 Å². The van der Waals surface area contributed by atoms with Gasteiger partial charge in [0.1, 0.15) is 11.5 Å². The third-order valence-corrected chi connectivity index (χ3v) is 3.45. The zero-order valence-electron chi connectivity index (χ0n) is 12.0. The van der Waals surface area contributed by atoms with Gasteiger partial charge in [0.05, 0.1) is 14.2 Å². The molecule has 0 aromatic heterocycles. The van der Waals surface area contributed by atoms with Crippen LogP contribution in [-0.2, 0) is 6.42 Å². The van der Waals surface area contributed by atoms with E-state index in [1.807, 2.05) is 18.2 Å². The lowest BCUT2D eigenvalue weighted by Crippen LogP contribution is -2.01. The van der Waals surface area contributed by atoms with Gasteiger partial charge in [-0.1, -0.05) is 32.9 Å². The summed E-state index contributed by atoms with van der Waals surface area (Å²) in [6, 6.07) is 4.03. The first-order valence-corrected chi connectivity index (χ1v) is 6.53. The zero-order valence-corrected chi connectivity index (χ0v) is 12.0. The lowest BCUT2D eigenvalue weighted by molar-refractivity contribution is 0.380. The predicted octanol–water partition coefficient (Wildman–Crippen LogP) is 4.33. The SMILES string of the molecule is C=Cc1cc(OC)c(CCC(C)CC)c(OC)c1. The van der Waals surface area contributed by atoms with Crippen LogP contribution in [0.15, 0.2) is 18.7 Å². The lowest BCUT2D eigenvalue weighted by atomic mass is 9.97. The van der Waals surface area contributed by atoms with E-state index in [2.05, 4.69) is 20.4 Å². The van der Waals surface area contributed by atoms with Gasteiger partial charge in [0, 0.05) is 5.56 Å². The number of hydrogen-bond acceptors (Lipinski definition) is 2. The smallest absolute Gasteiger partial charge is 0.126 e. The van der Waals surface area contributed by atoms with E-state index in [0.29, 0.717) is 0 Å². The van der Waals surface area contributed by atoms with Crippen LogP contribution in [0, 0.1) is 5.92 Å². The summed E-state index contributed by atoms with van der Waals surface area (Å²) >= 11 is 0. The summed E-state index contributed by atoms with van der Waals surface area (Å²) in [6.45, 7) is 8.28. The van der Waals surface area contributed by atoms with E-state index >= 15 is 0 Å². The molecule has 0 heterocycles. The summed E-state index contributed by atoms with van der Waals surface area (Å²) in [6.07, 6.45) is 5.15. The summed E-state index contributed by atoms with van der Waals surface area (Å²) in [4.78, 5) is 0. The first kappa shape index (κ1) is 14.6. The second-order valence-electron chi connectivity index (χ2n) is 4.66. The molecule has 0 radical (unpaired) electrons. The molecular formula is C16H24O2. The lowest BCUT2D eigenvalue weighted by Gasteiger charge is -2.16. The molecule has 0 aliphatic rings. The Kier molecular flexibility index (Phi) is 5.76. The Morgan fingerprint density at radius 3 is 2.17 bits per heavy atom. The summed E-state index contributed by atoms with van der Waals surface area (Å²) in [5.74, 6) is 2.51. The fourth-order valence-corrected chi connectivity index (χ4v) is 1.96. The van der Waals surface area contributed by atoms with Crippen LogP contribution in [0.5, 0.6) is 11.5 Å². The molecule has 2 heteroatoms. The predicted molar refractivity (Wildman–Crippen MR) is 77.4 cm³/mol. The summed E-state index contributed by atoms with van der Waals surface area (Å²) in [5.41, 5.74) is 2.18. The number of hydrogen-bond donors (Lipinski definition) is 0. The largest absolute Gasteiger partial charge is 0.496 e. The molecule has 0 fully saturated rings. The minimum atomic E-state index is 0.721. The number of rotatable bonds is 7. The highest BCUT2D eigenvalue weighted by Gasteiger charge is 2.12. The van der Waals surface area contributed by atoms with Crippen molar-refractivity contribution in [1.29, 1.82) is 0 Å². The maximum absolute atomic E-state index is 5.47. The van der Waals surface area contributed by atoms with Crippen LogP contribution in [0.4, 0.5) is 0 Å². The highest BCUT2D eigenvalue weighted by molar-refractivity contribution is 5.58. The molecular weight excluding hydrogens is 224 g/mol. The Morgan fingerprint density at radius 1 is 1.22 bits per heavy atom. The first-order chi connectivity index (χ1) is 8.65. The Bertz CT molecular complexity index is 371. The van der Waals surface area contributed by atoms with Crippen molar-refractivity contribution >= 4 is 6.08 Å². The molecule has 0 aliphatic heterocycles. The van der Waals surface area contributed by atoms with Gasteiger partial charge in [-0.25, -0.2) is 0 Å². The van der Waals surface area contributed by atoms with E-state index in [-0.39, 0.29) is 0 Å². The van der Waals surface area contributed by atoms with Gasteiger partial charge in [0.25, 0.3) is 0 Å². The van der Waals surface area contributed by atoms with Gasteiger partial charge in [-0.3, -0.25) is 0 Å². The van der Waals surface area contributed by atoms with Gasteiger partial charge in [0.15, 0.2) is 0 Å². The third kappa shape index (κ3) is 3.52. The molecule has 0 amide bonds. The topological polar surface area (TPSA) is 18.5 Å². The molecule has 0 aliphatic carbocycles. The summed E-state index contributed by atoms with van der Waals surface area (Å²) in [5, 5.41) is 0. The van der Waals surface area contributed by atoms with Gasteiger partial charge in [-0.2, -0.15) is 0 Å². The van der Waals surface area contributed by atoms with Gasteiger partial charge < -0.3 is 9.47 Å². The quantitative estimate of drug-likeness (QED) is 0.715. The summed E-state index contributed by atoms with van der Waals surface area (Å²) < 4.78 is 10.9. The molecule has 100 valence electrons. The standard InChI is InChI=1S/C16H24O2/c1-6-12(3)8-9-14-15(17-4)10-13(7-2)11-16(14)18-5/h7,10-12H,2,6,8-9H2,1,3-5H3. The van der Waals surface area contributed by atoms with Crippen molar-refractivity contribution in [2.75, 3.05) is 14.2 Å².